The molecule has 13 nitrogen and oxygen atoms in total. The lowest BCUT2D eigenvalue weighted by Gasteiger charge is -2.34. The van der Waals surface area contributed by atoms with Gasteiger partial charge in [0.1, 0.15) is 10.7 Å². The number of piperidine rings is 1. The lowest BCUT2D eigenvalue weighted by molar-refractivity contribution is -0.120. The molecular weight excluding hydrogens is 692 g/mol. The summed E-state index contributed by atoms with van der Waals surface area (Å²) in [6.45, 7) is 4.25. The summed E-state index contributed by atoms with van der Waals surface area (Å²) in [7, 11) is -3.72. The van der Waals surface area contributed by atoms with E-state index >= 15 is 0 Å². The van der Waals surface area contributed by atoms with Gasteiger partial charge in [-0.15, -0.1) is 0 Å². The quantitative estimate of drug-likeness (QED) is 0.188. The van der Waals surface area contributed by atoms with Crippen LogP contribution in [0.4, 0.5) is 27.8 Å². The monoisotopic (exact) mass is 732 g/mol. The Bertz CT molecular complexity index is 2130. The SMILES string of the molecule is Cc1cc(S(=O)(=O)NCCC2CCN(c3ccc(N4CCC(=O)NC4=O)cc3)CC2)ccc1Nc1ncc2cc(Cl)c(=O)n(C3CCCC3)c2n1. The molecule has 0 atom stereocenters. The lowest BCUT2D eigenvalue weighted by Crippen LogP contribution is -2.49. The molecule has 1 aliphatic carbocycles. The van der Waals surface area contributed by atoms with Gasteiger partial charge in [-0.1, -0.05) is 24.4 Å². The number of hydrogen-bond donors (Lipinski definition) is 3. The standard InChI is InChI=1S/C36H41ClN8O5S/c1-23-20-29(10-11-31(23)40-35-38-22-25-21-30(37)34(47)45(33(25)42-35)28-4-2-3-5-28)51(49,50)39-16-12-24-13-17-43(18-14-24)26-6-8-27(9-7-26)44-19-15-32(46)41-36(44)48/h6-11,20-22,24,28,39H,2-5,12-19H2,1H3,(H,38,40,42)(H,41,46,48). The van der Waals surface area contributed by atoms with Crippen LogP contribution in [0.15, 0.2) is 64.4 Å². The Morgan fingerprint density at radius 2 is 1.67 bits per heavy atom. The molecule has 0 bridgehead atoms. The van der Waals surface area contributed by atoms with Crippen LogP contribution >= 0.6 is 11.6 Å². The zero-order valence-electron chi connectivity index (χ0n) is 28.4. The number of nitrogens with one attached hydrogen (secondary N) is 3. The molecule has 3 N–H and O–H groups in total. The first-order chi connectivity index (χ1) is 24.6. The maximum atomic E-state index is 13.2. The highest BCUT2D eigenvalue weighted by atomic mass is 35.5. The zero-order valence-corrected chi connectivity index (χ0v) is 30.0. The molecule has 51 heavy (non-hydrogen) atoms. The van der Waals surface area contributed by atoms with E-state index in [9.17, 15) is 22.8 Å². The van der Waals surface area contributed by atoms with Crippen LogP contribution in [0.3, 0.4) is 0 Å². The smallest absolute Gasteiger partial charge is 0.328 e. The number of benzene rings is 2. The minimum atomic E-state index is -3.72. The summed E-state index contributed by atoms with van der Waals surface area (Å²) in [5, 5.41) is 6.38. The molecule has 15 heteroatoms. The zero-order chi connectivity index (χ0) is 35.7. The molecule has 2 aromatic carbocycles. The van der Waals surface area contributed by atoms with Gasteiger partial charge in [-0.25, -0.2) is 22.9 Å². The number of carbonyl (C=O) groups is 2. The Hall–Kier alpha value is -4.53. The van der Waals surface area contributed by atoms with E-state index in [0.717, 1.165) is 69.4 Å². The van der Waals surface area contributed by atoms with Gasteiger partial charge < -0.3 is 10.2 Å². The van der Waals surface area contributed by atoms with Crippen molar-refractivity contribution in [2.75, 3.05) is 41.3 Å². The Balaban J connectivity index is 0.923. The number of aryl methyl sites for hydroxylation is 1. The number of imide groups is 1. The second kappa shape index (κ2) is 14.6. The predicted molar refractivity (Wildman–Crippen MR) is 197 cm³/mol. The van der Waals surface area contributed by atoms with Crippen molar-refractivity contribution in [3.05, 3.63) is 75.7 Å². The summed E-state index contributed by atoms with van der Waals surface area (Å²) < 4.78 is 30.9. The van der Waals surface area contributed by atoms with Crippen molar-refractivity contribution < 1.29 is 18.0 Å². The number of carbonyl (C=O) groups excluding carboxylic acids is 2. The lowest BCUT2D eigenvalue weighted by atomic mass is 9.93. The normalized spacial score (nSPS) is 17.7. The largest absolute Gasteiger partial charge is 0.372 e. The molecule has 4 aromatic rings. The number of amides is 3. The molecule has 3 aliphatic rings. The minimum Gasteiger partial charge on any atom is -0.372 e. The fourth-order valence-corrected chi connectivity index (χ4v) is 8.67. The number of aromatic nitrogens is 3. The van der Waals surface area contributed by atoms with E-state index in [4.69, 9.17) is 11.6 Å². The van der Waals surface area contributed by atoms with E-state index in [1.807, 2.05) is 31.2 Å². The van der Waals surface area contributed by atoms with Crippen LogP contribution in [0, 0.1) is 12.8 Å². The van der Waals surface area contributed by atoms with Crippen molar-refractivity contribution in [2.24, 2.45) is 5.92 Å². The van der Waals surface area contributed by atoms with Crippen LogP contribution in [-0.4, -0.2) is 61.1 Å². The van der Waals surface area contributed by atoms with Crippen LogP contribution in [0.25, 0.3) is 11.0 Å². The molecule has 4 heterocycles. The van der Waals surface area contributed by atoms with Crippen molar-refractivity contribution in [1.82, 2.24) is 24.6 Å². The van der Waals surface area contributed by atoms with E-state index in [1.165, 1.54) is 0 Å². The van der Waals surface area contributed by atoms with Gasteiger partial charge in [0.2, 0.25) is 21.9 Å². The summed E-state index contributed by atoms with van der Waals surface area (Å²) in [6.07, 6.45) is 8.46. The third-order valence-corrected chi connectivity index (χ3v) is 11.9. The number of pyridine rings is 1. The van der Waals surface area contributed by atoms with E-state index in [2.05, 4.69) is 30.2 Å². The number of fused-ring (bicyclic) bond motifs is 1. The maximum Gasteiger partial charge on any atom is 0.328 e. The molecule has 268 valence electrons. The van der Waals surface area contributed by atoms with Gasteiger partial charge in [0.05, 0.1) is 4.90 Å². The number of hydrogen-bond acceptors (Lipinski definition) is 9. The topological polar surface area (TPSA) is 159 Å². The van der Waals surface area contributed by atoms with Crippen molar-refractivity contribution in [2.45, 2.75) is 69.2 Å². The van der Waals surface area contributed by atoms with Gasteiger partial charge in [0, 0.05) is 67.3 Å². The molecule has 2 aromatic heterocycles. The van der Waals surface area contributed by atoms with Crippen molar-refractivity contribution >= 4 is 67.6 Å². The van der Waals surface area contributed by atoms with Gasteiger partial charge in [-0.3, -0.25) is 24.4 Å². The highest BCUT2D eigenvalue weighted by molar-refractivity contribution is 7.89. The van der Waals surface area contributed by atoms with Crippen LogP contribution in [0.1, 0.15) is 63.0 Å². The molecule has 7 rings (SSSR count). The number of rotatable bonds is 10. The van der Waals surface area contributed by atoms with E-state index in [0.29, 0.717) is 47.2 Å². The average molecular weight is 733 g/mol. The van der Waals surface area contributed by atoms with Crippen LogP contribution in [0.5, 0.6) is 0 Å². The molecule has 2 aliphatic heterocycles. The van der Waals surface area contributed by atoms with E-state index in [1.54, 1.807) is 39.9 Å². The Kier molecular flexibility index (Phi) is 9.99. The number of halogens is 1. The van der Waals surface area contributed by atoms with Crippen LogP contribution < -0.4 is 30.7 Å². The van der Waals surface area contributed by atoms with Gasteiger partial charge in [0.15, 0.2) is 0 Å². The van der Waals surface area contributed by atoms with Gasteiger partial charge in [-0.2, -0.15) is 4.98 Å². The summed E-state index contributed by atoms with van der Waals surface area (Å²) in [5.41, 5.74) is 3.47. The first-order valence-corrected chi connectivity index (χ1v) is 19.3. The molecule has 1 saturated carbocycles. The fraction of sp³-hybridized carbons (Fsp3) is 0.417. The fourth-order valence-electron chi connectivity index (χ4n) is 7.33. The Morgan fingerprint density at radius 1 is 0.941 bits per heavy atom. The number of nitrogens with zero attached hydrogens (tertiary/aromatic N) is 5. The molecule has 0 unspecified atom stereocenters. The molecule has 0 radical (unpaired) electrons. The highest BCUT2D eigenvalue weighted by Gasteiger charge is 2.26. The summed E-state index contributed by atoms with van der Waals surface area (Å²) in [4.78, 5) is 49.8. The first kappa shape index (κ1) is 34.9. The maximum absolute atomic E-state index is 13.2. The highest BCUT2D eigenvalue weighted by Crippen LogP contribution is 2.32. The van der Waals surface area contributed by atoms with Gasteiger partial charge in [-0.05, 0) is 99.0 Å². The molecule has 2 saturated heterocycles. The Labute approximate surface area is 301 Å². The van der Waals surface area contributed by atoms with Crippen molar-refractivity contribution in [3.63, 3.8) is 0 Å². The summed E-state index contributed by atoms with van der Waals surface area (Å²) >= 11 is 6.26. The van der Waals surface area contributed by atoms with E-state index < -0.39 is 16.1 Å². The second-order valence-electron chi connectivity index (χ2n) is 13.6. The molecule has 3 amide bonds. The third kappa shape index (κ3) is 7.58. The predicted octanol–water partition coefficient (Wildman–Crippen LogP) is 5.64. The summed E-state index contributed by atoms with van der Waals surface area (Å²) in [6, 6.07) is 13.9. The van der Waals surface area contributed by atoms with Crippen LogP contribution in [0.2, 0.25) is 5.02 Å². The summed E-state index contributed by atoms with van der Waals surface area (Å²) in [5.74, 6) is 0.450. The molecule has 3 fully saturated rings. The van der Waals surface area contributed by atoms with Crippen molar-refractivity contribution in [1.29, 1.82) is 0 Å². The average Bonchev–Trinajstić information content (AvgIpc) is 3.65. The first-order valence-electron chi connectivity index (χ1n) is 17.5. The molecule has 0 spiro atoms. The number of urea groups is 1. The second-order valence-corrected chi connectivity index (χ2v) is 15.7. The third-order valence-electron chi connectivity index (χ3n) is 10.2. The number of anilines is 4. The molecular formula is C36H41ClN8O5S. The van der Waals surface area contributed by atoms with Gasteiger partial charge in [0.25, 0.3) is 5.56 Å². The van der Waals surface area contributed by atoms with Crippen molar-refractivity contribution in [3.8, 4) is 0 Å². The number of sulfonamides is 1. The van der Waals surface area contributed by atoms with Crippen LogP contribution in [-0.2, 0) is 14.8 Å². The van der Waals surface area contributed by atoms with Gasteiger partial charge >= 0.3 is 6.03 Å². The minimum absolute atomic E-state index is 0.0460. The Morgan fingerprint density at radius 3 is 2.37 bits per heavy atom. The van der Waals surface area contributed by atoms with E-state index in [-0.39, 0.29) is 33.8 Å².